The van der Waals surface area contributed by atoms with Gasteiger partial charge in [-0.3, -0.25) is 4.79 Å². The van der Waals surface area contributed by atoms with E-state index in [0.717, 1.165) is 37.2 Å². The fraction of sp³-hybridized carbons (Fsp3) is 0.435. The van der Waals surface area contributed by atoms with Crippen molar-refractivity contribution in [3.63, 3.8) is 0 Å². The summed E-state index contributed by atoms with van der Waals surface area (Å²) >= 11 is 0. The Hall–Kier alpha value is -2.13. The van der Waals surface area contributed by atoms with Crippen molar-refractivity contribution < 1.29 is 4.79 Å². The molecule has 0 saturated carbocycles. The summed E-state index contributed by atoms with van der Waals surface area (Å²) in [5, 5.41) is 0. The highest BCUT2D eigenvalue weighted by Crippen LogP contribution is 2.38. The second-order valence-electron chi connectivity index (χ2n) is 7.49. The number of likely N-dealkylation sites (N-methyl/N-ethyl adjacent to an activating group) is 1. The standard InChI is InChI=1S/C23H30N2O/c1-24(2)22(26)23(20-12-6-3-7-13-20,21-14-8-4-9-15-21)16-19-25-17-10-5-11-18-25/h3-4,6-9,12-15H,5,10-11,16-19H2,1-2H3. The maximum Gasteiger partial charge on any atom is 0.237 e. The minimum absolute atomic E-state index is 0.159. The molecule has 0 spiro atoms. The maximum atomic E-state index is 13.5. The maximum absolute atomic E-state index is 13.5. The lowest BCUT2D eigenvalue weighted by Gasteiger charge is -2.38. The number of amides is 1. The molecule has 0 unspecified atom stereocenters. The summed E-state index contributed by atoms with van der Waals surface area (Å²) in [7, 11) is 3.73. The van der Waals surface area contributed by atoms with Crippen LogP contribution in [0.25, 0.3) is 0 Å². The van der Waals surface area contributed by atoms with Gasteiger partial charge in [0.05, 0.1) is 0 Å². The minimum Gasteiger partial charge on any atom is -0.348 e. The molecule has 0 aliphatic carbocycles. The van der Waals surface area contributed by atoms with Crippen LogP contribution in [0, 0.1) is 0 Å². The van der Waals surface area contributed by atoms with E-state index in [4.69, 9.17) is 0 Å². The average Bonchev–Trinajstić information content (AvgIpc) is 2.70. The van der Waals surface area contributed by atoms with Crippen LogP contribution < -0.4 is 0 Å². The number of hydrogen-bond donors (Lipinski definition) is 0. The molecule has 3 rings (SSSR count). The van der Waals surface area contributed by atoms with Crippen LogP contribution >= 0.6 is 0 Å². The van der Waals surface area contributed by atoms with E-state index in [-0.39, 0.29) is 5.91 Å². The molecule has 1 saturated heterocycles. The van der Waals surface area contributed by atoms with Crippen LogP contribution in [-0.4, -0.2) is 49.4 Å². The zero-order valence-corrected chi connectivity index (χ0v) is 16.0. The number of carbonyl (C=O) groups is 1. The van der Waals surface area contributed by atoms with Crippen molar-refractivity contribution in [1.29, 1.82) is 0 Å². The molecule has 0 N–H and O–H groups in total. The highest BCUT2D eigenvalue weighted by molar-refractivity contribution is 5.91. The second kappa shape index (κ2) is 8.50. The summed E-state index contributed by atoms with van der Waals surface area (Å²) in [6, 6.07) is 20.6. The summed E-state index contributed by atoms with van der Waals surface area (Å²) in [6.45, 7) is 3.25. The van der Waals surface area contributed by atoms with Crippen molar-refractivity contribution in [2.24, 2.45) is 0 Å². The molecule has 0 bridgehead atoms. The van der Waals surface area contributed by atoms with E-state index in [0.29, 0.717) is 0 Å². The third kappa shape index (κ3) is 3.83. The normalized spacial score (nSPS) is 15.6. The van der Waals surface area contributed by atoms with Gasteiger partial charge >= 0.3 is 0 Å². The molecule has 0 aromatic heterocycles. The highest BCUT2D eigenvalue weighted by Gasteiger charge is 2.42. The van der Waals surface area contributed by atoms with Crippen LogP contribution in [0.1, 0.15) is 36.8 Å². The van der Waals surface area contributed by atoms with Gasteiger partial charge in [0, 0.05) is 14.1 Å². The van der Waals surface area contributed by atoms with Crippen molar-refractivity contribution in [2.45, 2.75) is 31.1 Å². The first-order valence-electron chi connectivity index (χ1n) is 9.70. The van der Waals surface area contributed by atoms with Gasteiger partial charge in [0.2, 0.25) is 5.91 Å². The highest BCUT2D eigenvalue weighted by atomic mass is 16.2. The number of hydrogen-bond acceptors (Lipinski definition) is 2. The third-order valence-electron chi connectivity index (χ3n) is 5.56. The van der Waals surface area contributed by atoms with E-state index in [2.05, 4.69) is 29.2 Å². The lowest BCUT2D eigenvalue weighted by atomic mass is 9.70. The molecule has 3 nitrogen and oxygen atoms in total. The average molecular weight is 351 g/mol. The van der Waals surface area contributed by atoms with Gasteiger partial charge in [-0.15, -0.1) is 0 Å². The molecule has 1 fully saturated rings. The molecule has 1 aliphatic rings. The Morgan fingerprint density at radius 3 is 1.85 bits per heavy atom. The molecule has 0 atom stereocenters. The smallest absolute Gasteiger partial charge is 0.237 e. The number of benzene rings is 2. The third-order valence-corrected chi connectivity index (χ3v) is 5.56. The number of rotatable bonds is 6. The SMILES string of the molecule is CN(C)C(=O)C(CCN1CCCCC1)(c1ccccc1)c1ccccc1. The summed E-state index contributed by atoms with van der Waals surface area (Å²) < 4.78 is 0. The fourth-order valence-electron chi connectivity index (χ4n) is 4.15. The van der Waals surface area contributed by atoms with Crippen molar-refractivity contribution >= 4 is 5.91 Å². The van der Waals surface area contributed by atoms with Gasteiger partial charge in [0.15, 0.2) is 0 Å². The van der Waals surface area contributed by atoms with Gasteiger partial charge in [-0.2, -0.15) is 0 Å². The molecule has 1 heterocycles. The van der Waals surface area contributed by atoms with Crippen molar-refractivity contribution in [2.75, 3.05) is 33.7 Å². The van der Waals surface area contributed by atoms with Crippen LogP contribution in [0.3, 0.4) is 0 Å². The van der Waals surface area contributed by atoms with Crippen molar-refractivity contribution in [3.05, 3.63) is 71.8 Å². The topological polar surface area (TPSA) is 23.6 Å². The first-order chi connectivity index (χ1) is 12.6. The Labute approximate surface area is 157 Å². The molecular formula is C23H30N2O. The summed E-state index contributed by atoms with van der Waals surface area (Å²) in [5.41, 5.74) is 1.53. The van der Waals surface area contributed by atoms with E-state index in [1.807, 2.05) is 50.5 Å². The minimum atomic E-state index is -0.635. The van der Waals surface area contributed by atoms with Gasteiger partial charge in [-0.1, -0.05) is 67.1 Å². The first kappa shape index (κ1) is 18.7. The predicted molar refractivity (Wildman–Crippen MR) is 107 cm³/mol. The Morgan fingerprint density at radius 1 is 0.885 bits per heavy atom. The van der Waals surface area contributed by atoms with Gasteiger partial charge in [-0.05, 0) is 50.0 Å². The zero-order chi connectivity index (χ0) is 18.4. The van der Waals surface area contributed by atoms with Gasteiger partial charge < -0.3 is 9.80 Å². The molecule has 2 aromatic carbocycles. The van der Waals surface area contributed by atoms with Crippen LogP contribution in [0.5, 0.6) is 0 Å². The molecule has 3 heteroatoms. The Balaban J connectivity index is 2.03. The van der Waals surface area contributed by atoms with Gasteiger partial charge in [0.1, 0.15) is 5.41 Å². The van der Waals surface area contributed by atoms with Crippen LogP contribution in [-0.2, 0) is 10.2 Å². The monoisotopic (exact) mass is 350 g/mol. The van der Waals surface area contributed by atoms with E-state index in [1.165, 1.54) is 19.3 Å². The first-order valence-corrected chi connectivity index (χ1v) is 9.70. The van der Waals surface area contributed by atoms with E-state index in [9.17, 15) is 4.79 Å². The number of likely N-dealkylation sites (tertiary alicyclic amines) is 1. The lowest BCUT2D eigenvalue weighted by Crippen LogP contribution is -2.47. The van der Waals surface area contributed by atoms with E-state index in [1.54, 1.807) is 4.90 Å². The summed E-state index contributed by atoms with van der Waals surface area (Å²) in [4.78, 5) is 17.8. The molecule has 26 heavy (non-hydrogen) atoms. The summed E-state index contributed by atoms with van der Waals surface area (Å²) in [5.74, 6) is 0.159. The van der Waals surface area contributed by atoms with E-state index < -0.39 is 5.41 Å². The van der Waals surface area contributed by atoms with E-state index >= 15 is 0 Å². The molecule has 1 amide bonds. The number of carbonyl (C=O) groups excluding carboxylic acids is 1. The van der Waals surface area contributed by atoms with Gasteiger partial charge in [0.25, 0.3) is 0 Å². The molecule has 1 aliphatic heterocycles. The lowest BCUT2D eigenvalue weighted by molar-refractivity contribution is -0.133. The zero-order valence-electron chi connectivity index (χ0n) is 16.0. The van der Waals surface area contributed by atoms with Crippen LogP contribution in [0.2, 0.25) is 0 Å². The molecule has 0 radical (unpaired) electrons. The molecular weight excluding hydrogens is 320 g/mol. The van der Waals surface area contributed by atoms with Gasteiger partial charge in [-0.25, -0.2) is 0 Å². The van der Waals surface area contributed by atoms with Crippen molar-refractivity contribution in [3.8, 4) is 0 Å². The quantitative estimate of drug-likeness (QED) is 0.788. The Morgan fingerprint density at radius 2 is 1.38 bits per heavy atom. The Kier molecular flexibility index (Phi) is 6.10. The summed E-state index contributed by atoms with van der Waals surface area (Å²) in [6.07, 6.45) is 4.67. The van der Waals surface area contributed by atoms with Crippen molar-refractivity contribution in [1.82, 2.24) is 9.80 Å². The number of piperidine rings is 1. The number of nitrogens with zero attached hydrogens (tertiary/aromatic N) is 2. The fourth-order valence-corrected chi connectivity index (χ4v) is 4.15. The second-order valence-corrected chi connectivity index (χ2v) is 7.49. The Bertz CT molecular complexity index is 651. The molecule has 138 valence electrons. The van der Waals surface area contributed by atoms with Crippen LogP contribution in [0.15, 0.2) is 60.7 Å². The predicted octanol–water partition coefficient (Wildman–Crippen LogP) is 3.94. The van der Waals surface area contributed by atoms with Crippen LogP contribution in [0.4, 0.5) is 0 Å². The molecule has 2 aromatic rings. The largest absolute Gasteiger partial charge is 0.348 e.